The summed E-state index contributed by atoms with van der Waals surface area (Å²) in [7, 11) is 3.56. The minimum Gasteiger partial charge on any atom is -0.497 e. The van der Waals surface area contributed by atoms with Crippen molar-refractivity contribution in [2.24, 2.45) is 10.4 Å². The summed E-state index contributed by atoms with van der Waals surface area (Å²) < 4.78 is 5.32. The number of nitrogens with one attached hydrogen (secondary N) is 2. The highest BCUT2D eigenvalue weighted by molar-refractivity contribution is 14.0. The molecule has 0 radical (unpaired) electrons. The molecule has 2 atom stereocenters. The van der Waals surface area contributed by atoms with Crippen LogP contribution in [0, 0.1) is 5.41 Å². The van der Waals surface area contributed by atoms with Crippen molar-refractivity contribution in [3.8, 4) is 5.75 Å². The van der Waals surface area contributed by atoms with Crippen LogP contribution >= 0.6 is 24.0 Å². The molecule has 1 heterocycles. The summed E-state index contributed by atoms with van der Waals surface area (Å²) in [5, 5.41) is 7.10. The Kier molecular flexibility index (Phi) is 6.22. The van der Waals surface area contributed by atoms with Gasteiger partial charge in [-0.05, 0) is 30.4 Å². The highest BCUT2D eigenvalue weighted by Crippen LogP contribution is 2.44. The minimum atomic E-state index is 0. The lowest BCUT2D eigenvalue weighted by molar-refractivity contribution is 0.415. The lowest BCUT2D eigenvalue weighted by Gasteiger charge is -2.21. The lowest BCUT2D eigenvalue weighted by Crippen LogP contribution is -2.46. The van der Waals surface area contributed by atoms with Crippen molar-refractivity contribution in [3.05, 3.63) is 24.3 Å². The van der Waals surface area contributed by atoms with Crippen LogP contribution < -0.4 is 20.3 Å². The van der Waals surface area contributed by atoms with Gasteiger partial charge in [-0.15, -0.1) is 24.0 Å². The van der Waals surface area contributed by atoms with Gasteiger partial charge in [0.05, 0.1) is 7.11 Å². The Balaban J connectivity index is 0.00000208. The number of rotatable bonds is 4. The smallest absolute Gasteiger partial charge is 0.191 e. The Morgan fingerprint density at radius 1 is 1.33 bits per heavy atom. The van der Waals surface area contributed by atoms with Gasteiger partial charge in [0.2, 0.25) is 0 Å². The SMILES string of the molecule is CN=C(NC1CCN(c2cccc(OC)c2)C1)NC1CC1(C)C.I. The predicted octanol–water partition coefficient (Wildman–Crippen LogP) is 2.86. The zero-order valence-electron chi connectivity index (χ0n) is 15.0. The molecule has 1 aliphatic heterocycles. The van der Waals surface area contributed by atoms with Crippen molar-refractivity contribution in [2.45, 2.75) is 38.8 Å². The summed E-state index contributed by atoms with van der Waals surface area (Å²) in [6, 6.07) is 9.24. The Hall–Kier alpha value is -1.18. The van der Waals surface area contributed by atoms with Gasteiger partial charge in [-0.2, -0.15) is 0 Å². The van der Waals surface area contributed by atoms with E-state index in [-0.39, 0.29) is 24.0 Å². The molecule has 1 aromatic rings. The number of guanidine groups is 1. The van der Waals surface area contributed by atoms with Crippen LogP contribution in [0.3, 0.4) is 0 Å². The first-order valence-electron chi connectivity index (χ1n) is 8.40. The molecule has 1 aromatic carbocycles. The number of nitrogens with zero attached hydrogens (tertiary/aromatic N) is 2. The van der Waals surface area contributed by atoms with Crippen LogP contribution in [0.2, 0.25) is 0 Å². The molecule has 2 N–H and O–H groups in total. The van der Waals surface area contributed by atoms with E-state index >= 15 is 0 Å². The predicted molar refractivity (Wildman–Crippen MR) is 111 cm³/mol. The van der Waals surface area contributed by atoms with Crippen LogP contribution in [0.5, 0.6) is 5.75 Å². The van der Waals surface area contributed by atoms with E-state index in [9.17, 15) is 0 Å². The molecular formula is C18H29IN4O. The molecule has 2 aliphatic rings. The number of aliphatic imine (C=N–C) groups is 1. The van der Waals surface area contributed by atoms with Crippen molar-refractivity contribution in [3.63, 3.8) is 0 Å². The normalized spacial score (nSPS) is 25.0. The fourth-order valence-corrected chi connectivity index (χ4v) is 3.16. The summed E-state index contributed by atoms with van der Waals surface area (Å²) in [6.45, 7) is 6.62. The van der Waals surface area contributed by atoms with Gasteiger partial charge in [-0.1, -0.05) is 19.9 Å². The second kappa shape index (κ2) is 7.80. The third-order valence-electron chi connectivity index (χ3n) is 5.00. The number of anilines is 1. The first-order chi connectivity index (χ1) is 11.0. The monoisotopic (exact) mass is 444 g/mol. The van der Waals surface area contributed by atoms with Crippen molar-refractivity contribution < 1.29 is 4.74 Å². The van der Waals surface area contributed by atoms with Gasteiger partial charge in [0.1, 0.15) is 5.75 Å². The Morgan fingerprint density at radius 3 is 2.71 bits per heavy atom. The molecule has 3 rings (SSSR count). The second-order valence-electron chi connectivity index (χ2n) is 7.24. The van der Waals surface area contributed by atoms with Crippen molar-refractivity contribution >= 4 is 35.6 Å². The highest BCUT2D eigenvalue weighted by atomic mass is 127. The number of benzene rings is 1. The fraction of sp³-hybridized carbons (Fsp3) is 0.611. The molecule has 0 bridgehead atoms. The van der Waals surface area contributed by atoms with E-state index in [0.29, 0.717) is 17.5 Å². The first kappa shape index (κ1) is 19.1. The molecule has 24 heavy (non-hydrogen) atoms. The summed E-state index contributed by atoms with van der Waals surface area (Å²) in [4.78, 5) is 6.78. The Labute approximate surface area is 162 Å². The quantitative estimate of drug-likeness (QED) is 0.426. The Morgan fingerprint density at radius 2 is 2.08 bits per heavy atom. The van der Waals surface area contributed by atoms with Crippen LogP contribution in [0.15, 0.2) is 29.3 Å². The molecule has 1 saturated carbocycles. The molecule has 1 aliphatic carbocycles. The molecular weight excluding hydrogens is 415 g/mol. The van der Waals surface area contributed by atoms with Crippen LogP contribution in [0.1, 0.15) is 26.7 Å². The van der Waals surface area contributed by atoms with E-state index in [2.05, 4.69) is 46.5 Å². The average molecular weight is 444 g/mol. The lowest BCUT2D eigenvalue weighted by atomic mass is 10.2. The molecule has 0 aromatic heterocycles. The average Bonchev–Trinajstić information content (AvgIpc) is 2.95. The van der Waals surface area contributed by atoms with E-state index in [4.69, 9.17) is 4.74 Å². The maximum atomic E-state index is 5.32. The standard InChI is InChI=1S/C18H28N4O.HI/c1-18(2)11-16(18)21-17(19-3)20-13-8-9-22(12-13)14-6-5-7-15(10-14)23-4;/h5-7,10,13,16H,8-9,11-12H2,1-4H3,(H2,19,20,21);1H. The van der Waals surface area contributed by atoms with Crippen molar-refractivity contribution in [2.75, 3.05) is 32.1 Å². The van der Waals surface area contributed by atoms with Crippen LogP contribution in [-0.2, 0) is 0 Å². The van der Waals surface area contributed by atoms with Gasteiger partial charge in [0.15, 0.2) is 5.96 Å². The van der Waals surface area contributed by atoms with Crippen LogP contribution in [0.4, 0.5) is 5.69 Å². The molecule has 2 fully saturated rings. The minimum absolute atomic E-state index is 0. The van der Waals surface area contributed by atoms with Gasteiger partial charge in [0, 0.05) is 44.0 Å². The second-order valence-corrected chi connectivity index (χ2v) is 7.24. The topological polar surface area (TPSA) is 48.9 Å². The van der Waals surface area contributed by atoms with Gasteiger partial charge in [-0.25, -0.2) is 0 Å². The van der Waals surface area contributed by atoms with Crippen molar-refractivity contribution in [1.82, 2.24) is 10.6 Å². The number of ether oxygens (including phenoxy) is 1. The first-order valence-corrected chi connectivity index (χ1v) is 8.40. The summed E-state index contributed by atoms with van der Waals surface area (Å²) in [6.07, 6.45) is 2.33. The number of halogens is 1. The van der Waals surface area contributed by atoms with Gasteiger partial charge in [-0.3, -0.25) is 4.99 Å². The number of hydrogen-bond acceptors (Lipinski definition) is 3. The van der Waals surface area contributed by atoms with E-state index in [1.165, 1.54) is 12.1 Å². The molecule has 0 spiro atoms. The van der Waals surface area contributed by atoms with E-state index < -0.39 is 0 Å². The van der Waals surface area contributed by atoms with E-state index in [1.54, 1.807) is 7.11 Å². The van der Waals surface area contributed by atoms with Gasteiger partial charge < -0.3 is 20.3 Å². The summed E-state index contributed by atoms with van der Waals surface area (Å²) in [5.41, 5.74) is 1.62. The van der Waals surface area contributed by atoms with Crippen LogP contribution in [-0.4, -0.2) is 45.3 Å². The third-order valence-corrected chi connectivity index (χ3v) is 5.00. The molecule has 2 unspecified atom stereocenters. The number of methoxy groups -OCH3 is 1. The zero-order chi connectivity index (χ0) is 16.4. The van der Waals surface area contributed by atoms with Gasteiger partial charge >= 0.3 is 0 Å². The maximum absolute atomic E-state index is 5.32. The van der Waals surface area contributed by atoms with Gasteiger partial charge in [0.25, 0.3) is 0 Å². The summed E-state index contributed by atoms with van der Waals surface area (Å²) in [5.74, 6) is 1.84. The zero-order valence-corrected chi connectivity index (χ0v) is 17.3. The fourth-order valence-electron chi connectivity index (χ4n) is 3.16. The molecule has 134 valence electrons. The van der Waals surface area contributed by atoms with Crippen LogP contribution in [0.25, 0.3) is 0 Å². The largest absolute Gasteiger partial charge is 0.497 e. The van der Waals surface area contributed by atoms with E-state index in [0.717, 1.165) is 31.2 Å². The van der Waals surface area contributed by atoms with Crippen molar-refractivity contribution in [1.29, 1.82) is 0 Å². The summed E-state index contributed by atoms with van der Waals surface area (Å²) >= 11 is 0. The third kappa shape index (κ3) is 4.46. The molecule has 5 nitrogen and oxygen atoms in total. The number of hydrogen-bond donors (Lipinski definition) is 2. The molecule has 6 heteroatoms. The maximum Gasteiger partial charge on any atom is 0.191 e. The molecule has 0 amide bonds. The van der Waals surface area contributed by atoms with E-state index in [1.807, 2.05) is 19.2 Å². The Bertz CT molecular complexity index is 590. The molecule has 1 saturated heterocycles. The highest BCUT2D eigenvalue weighted by Gasteiger charge is 2.46.